The molecule has 54 heavy (non-hydrogen) atoms. The zero-order valence-corrected chi connectivity index (χ0v) is 32.8. The van der Waals surface area contributed by atoms with Crippen LogP contribution in [0.2, 0.25) is 0 Å². The predicted octanol–water partition coefficient (Wildman–Crippen LogP) is 14.5. The Morgan fingerprint density at radius 2 is 1.44 bits per heavy atom. The maximum Gasteiger partial charge on any atom is 0.0469 e. The first-order chi connectivity index (χ1) is 26.5. The van der Waals surface area contributed by atoms with Crippen molar-refractivity contribution in [2.24, 2.45) is 17.3 Å². The lowest BCUT2D eigenvalue weighted by molar-refractivity contribution is 0.256. The molecule has 0 aromatic heterocycles. The van der Waals surface area contributed by atoms with Crippen LogP contribution in [-0.4, -0.2) is 0 Å². The Kier molecular flexibility index (Phi) is 9.27. The second-order valence-corrected chi connectivity index (χ2v) is 15.0. The molecule has 10 rings (SSSR count). The van der Waals surface area contributed by atoms with Crippen molar-refractivity contribution in [2.75, 3.05) is 0 Å². The molecule has 5 aromatic carbocycles. The fourth-order valence-corrected chi connectivity index (χ4v) is 10.4. The first-order valence-corrected chi connectivity index (χ1v) is 20.2. The van der Waals surface area contributed by atoms with Crippen LogP contribution in [0.1, 0.15) is 79.5 Å². The summed E-state index contributed by atoms with van der Waals surface area (Å²) in [5.74, 6) is 1.07. The van der Waals surface area contributed by atoms with Crippen molar-refractivity contribution in [1.82, 2.24) is 0 Å². The zero-order chi connectivity index (χ0) is 37.7. The van der Waals surface area contributed by atoms with Gasteiger partial charge in [-0.05, 0) is 126 Å². The third-order valence-corrected chi connectivity index (χ3v) is 12.7. The van der Waals surface area contributed by atoms with Gasteiger partial charge in [0.1, 0.15) is 0 Å². The molecule has 4 atom stereocenters. The van der Waals surface area contributed by atoms with Gasteiger partial charge in [0.15, 0.2) is 0 Å². The molecule has 0 radical (unpaired) electrons. The number of hydrogen-bond acceptors (Lipinski definition) is 0. The lowest BCUT2D eigenvalue weighted by atomic mass is 9.47. The van der Waals surface area contributed by atoms with E-state index in [2.05, 4.69) is 160 Å². The van der Waals surface area contributed by atoms with Crippen LogP contribution in [0.3, 0.4) is 0 Å². The number of benzene rings is 5. The second kappa shape index (κ2) is 14.1. The molecule has 0 amide bonds. The van der Waals surface area contributed by atoms with Crippen LogP contribution in [0.4, 0.5) is 0 Å². The van der Waals surface area contributed by atoms with Gasteiger partial charge in [-0.2, -0.15) is 0 Å². The Morgan fingerprint density at radius 3 is 2.24 bits per heavy atom. The summed E-state index contributed by atoms with van der Waals surface area (Å²) >= 11 is 0. The minimum absolute atomic E-state index is 0.137. The van der Waals surface area contributed by atoms with Crippen LogP contribution >= 0.6 is 0 Å². The van der Waals surface area contributed by atoms with Gasteiger partial charge in [0.25, 0.3) is 0 Å². The van der Waals surface area contributed by atoms with E-state index in [4.69, 9.17) is 6.58 Å². The second-order valence-electron chi connectivity index (χ2n) is 15.0. The zero-order valence-electron chi connectivity index (χ0n) is 32.8. The summed E-state index contributed by atoms with van der Waals surface area (Å²) in [5.41, 5.74) is 20.5. The molecule has 5 aromatic rings. The molecule has 0 heteroatoms. The number of allylic oxidation sites excluding steroid dienone is 11. The molecular weight excluding hydrogens is 649 g/mol. The van der Waals surface area contributed by atoms with Crippen molar-refractivity contribution in [3.8, 4) is 11.1 Å². The largest absolute Gasteiger partial charge is 0.0985 e. The fourth-order valence-electron chi connectivity index (χ4n) is 10.4. The van der Waals surface area contributed by atoms with Crippen LogP contribution in [-0.2, 0) is 12.8 Å². The first kappa shape index (κ1) is 35.6. The summed E-state index contributed by atoms with van der Waals surface area (Å²) in [6.45, 7) is 21.9. The summed E-state index contributed by atoms with van der Waals surface area (Å²) in [5, 5.41) is 2.57. The van der Waals surface area contributed by atoms with Crippen LogP contribution in [0, 0.1) is 24.2 Å². The van der Waals surface area contributed by atoms with Gasteiger partial charge in [-0.15, -0.1) is 0 Å². The van der Waals surface area contributed by atoms with E-state index in [1.807, 2.05) is 27.7 Å². The summed E-state index contributed by atoms with van der Waals surface area (Å²) in [6.07, 6.45) is 16.1. The monoisotopic (exact) mass is 700 g/mol. The number of hydrogen-bond donors (Lipinski definition) is 0. The molecule has 5 aliphatic rings. The van der Waals surface area contributed by atoms with Crippen molar-refractivity contribution in [1.29, 1.82) is 0 Å². The highest BCUT2D eigenvalue weighted by Gasteiger charge is 2.64. The molecule has 0 aliphatic heterocycles. The quantitative estimate of drug-likeness (QED) is 0.176. The smallest absolute Gasteiger partial charge is 0.0469 e. The van der Waals surface area contributed by atoms with E-state index in [-0.39, 0.29) is 5.41 Å². The van der Waals surface area contributed by atoms with Crippen molar-refractivity contribution < 1.29 is 0 Å². The predicted molar refractivity (Wildman–Crippen MR) is 234 cm³/mol. The van der Waals surface area contributed by atoms with E-state index in [0.29, 0.717) is 17.8 Å². The molecule has 1 spiro atoms. The van der Waals surface area contributed by atoms with E-state index in [9.17, 15) is 0 Å². The van der Waals surface area contributed by atoms with Crippen LogP contribution in [0.15, 0.2) is 169 Å². The summed E-state index contributed by atoms with van der Waals surface area (Å²) in [7, 11) is 0. The van der Waals surface area contributed by atoms with Crippen LogP contribution in [0.25, 0.3) is 39.1 Å². The van der Waals surface area contributed by atoms with E-state index < -0.39 is 0 Å². The van der Waals surface area contributed by atoms with E-state index in [1.165, 1.54) is 94.3 Å². The Bertz CT molecular complexity index is 2480. The highest BCUT2D eigenvalue weighted by Crippen LogP contribution is 2.74. The maximum atomic E-state index is 4.95. The lowest BCUT2D eigenvalue weighted by Gasteiger charge is -2.54. The van der Waals surface area contributed by atoms with Gasteiger partial charge in [-0.1, -0.05) is 187 Å². The molecule has 268 valence electrons. The van der Waals surface area contributed by atoms with Crippen molar-refractivity contribution in [3.05, 3.63) is 208 Å². The SMILES string of the molecule is C=Cc1cccc2c1C[C@H](C)c1cccc(c1C)C1=C3C4=CC=CC5=C(c6ccc(-c7cccc8ccccc78)cc6)C=CC45C3C(C2)C1=C.CC.CC. The summed E-state index contributed by atoms with van der Waals surface area (Å²) < 4.78 is 0. The molecule has 1 saturated carbocycles. The van der Waals surface area contributed by atoms with E-state index in [0.717, 1.165) is 12.8 Å². The van der Waals surface area contributed by atoms with Gasteiger partial charge < -0.3 is 0 Å². The lowest BCUT2D eigenvalue weighted by Crippen LogP contribution is -2.47. The molecule has 0 saturated heterocycles. The number of fused-ring (bicyclic) bond motifs is 10. The molecular formula is C54H52. The minimum atomic E-state index is -0.137. The average Bonchev–Trinajstić information content (AvgIpc) is 3.74. The van der Waals surface area contributed by atoms with Gasteiger partial charge in [0.05, 0.1) is 0 Å². The minimum Gasteiger partial charge on any atom is -0.0985 e. The highest BCUT2D eigenvalue weighted by molar-refractivity contribution is 5.99. The molecule has 4 bridgehead atoms. The van der Waals surface area contributed by atoms with E-state index in [1.54, 1.807) is 0 Å². The van der Waals surface area contributed by atoms with Crippen LogP contribution in [0.5, 0.6) is 0 Å². The molecule has 0 heterocycles. The Balaban J connectivity index is 0.00000100. The Labute approximate surface area is 323 Å². The topological polar surface area (TPSA) is 0 Å². The van der Waals surface area contributed by atoms with Crippen molar-refractivity contribution in [3.63, 3.8) is 0 Å². The third kappa shape index (κ3) is 5.10. The van der Waals surface area contributed by atoms with Crippen molar-refractivity contribution >= 4 is 28.0 Å². The third-order valence-electron chi connectivity index (χ3n) is 12.7. The number of rotatable bonds is 3. The molecule has 0 N–H and O–H groups in total. The van der Waals surface area contributed by atoms with Gasteiger partial charge in [0.2, 0.25) is 0 Å². The molecule has 3 unspecified atom stereocenters. The highest BCUT2D eigenvalue weighted by atomic mass is 14.7. The normalized spacial score (nSPS) is 22.7. The molecule has 5 aliphatic carbocycles. The summed E-state index contributed by atoms with van der Waals surface area (Å²) in [6, 6.07) is 38.4. The van der Waals surface area contributed by atoms with Crippen LogP contribution < -0.4 is 0 Å². The molecule has 1 fully saturated rings. The van der Waals surface area contributed by atoms with Gasteiger partial charge >= 0.3 is 0 Å². The van der Waals surface area contributed by atoms with Crippen molar-refractivity contribution in [2.45, 2.75) is 60.3 Å². The Hall–Kier alpha value is -5.46. The van der Waals surface area contributed by atoms with E-state index >= 15 is 0 Å². The fraction of sp³-hybridized carbons (Fsp3) is 0.222. The Morgan fingerprint density at radius 1 is 0.741 bits per heavy atom. The van der Waals surface area contributed by atoms with Gasteiger partial charge in [0, 0.05) is 11.3 Å². The summed E-state index contributed by atoms with van der Waals surface area (Å²) in [4.78, 5) is 0. The average molecular weight is 701 g/mol. The molecule has 0 nitrogen and oxygen atoms in total. The first-order valence-electron chi connectivity index (χ1n) is 20.2. The maximum absolute atomic E-state index is 4.95. The standard InChI is InChI=1S/C50H40.2C2H6/c1-5-33-13-8-15-37-29-43-32(4)47(39-18-10-17-38(31(39)3)30(2)28-44(33)37)48-46-21-11-20-45-42(26-27-50(45,46)49(43)48)36-24-22-35(23-25-36)41-19-9-14-34-12-6-7-16-40(34)41;2*1-2/h5-27,30,43,49H,1,4,28-29H2,2-3H3;2*1-2H3/t30-,43?,49?,50?;;/m0../s1. The van der Waals surface area contributed by atoms with Gasteiger partial charge in [-0.25, -0.2) is 0 Å². The van der Waals surface area contributed by atoms with Gasteiger partial charge in [-0.3, -0.25) is 0 Å².